The van der Waals surface area contributed by atoms with E-state index in [1.165, 1.54) is 0 Å². The molecule has 0 aromatic heterocycles. The number of aryl methyl sites for hydroxylation is 1. The van der Waals surface area contributed by atoms with E-state index in [1.54, 1.807) is 0 Å². The Balaban J connectivity index is 2.24. The van der Waals surface area contributed by atoms with Crippen molar-refractivity contribution in [3.8, 4) is 0 Å². The highest BCUT2D eigenvalue weighted by Crippen LogP contribution is 2.32. The predicted molar refractivity (Wildman–Crippen MR) is 62.0 cm³/mol. The molecule has 1 aromatic rings. The summed E-state index contributed by atoms with van der Waals surface area (Å²) in [6, 6.07) is 6.02. The van der Waals surface area contributed by atoms with Gasteiger partial charge in [0.1, 0.15) is 0 Å². The van der Waals surface area contributed by atoms with Crippen LogP contribution in [0.1, 0.15) is 23.6 Å². The molecule has 15 heavy (non-hydrogen) atoms. The van der Waals surface area contributed by atoms with Gasteiger partial charge in [-0.15, -0.1) is 0 Å². The molecule has 1 heterocycles. The van der Waals surface area contributed by atoms with Crippen molar-refractivity contribution in [2.24, 2.45) is 11.7 Å². The van der Waals surface area contributed by atoms with Gasteiger partial charge in [-0.05, 0) is 24.5 Å². The number of hydrogen-bond donors (Lipinski definition) is 1. The van der Waals surface area contributed by atoms with Crippen LogP contribution >= 0.6 is 11.6 Å². The van der Waals surface area contributed by atoms with Crippen LogP contribution in [0.4, 0.5) is 0 Å². The minimum atomic E-state index is -0.0000926. The summed E-state index contributed by atoms with van der Waals surface area (Å²) in [5.41, 5.74) is 8.34. The summed E-state index contributed by atoms with van der Waals surface area (Å²) >= 11 is 6.25. The van der Waals surface area contributed by atoms with Crippen LogP contribution in [0.3, 0.4) is 0 Å². The van der Waals surface area contributed by atoms with Crippen LogP contribution in [0.2, 0.25) is 5.02 Å². The Bertz CT molecular complexity index is 347. The first-order valence-corrected chi connectivity index (χ1v) is 5.66. The first-order valence-electron chi connectivity index (χ1n) is 5.28. The van der Waals surface area contributed by atoms with Gasteiger partial charge in [0.25, 0.3) is 0 Å². The fraction of sp³-hybridized carbons (Fsp3) is 0.500. The average Bonchev–Trinajstić information content (AvgIpc) is 2.74. The number of hydrogen-bond acceptors (Lipinski definition) is 2. The Morgan fingerprint density at radius 3 is 3.00 bits per heavy atom. The first kappa shape index (κ1) is 10.9. The number of halogens is 1. The van der Waals surface area contributed by atoms with E-state index in [1.807, 2.05) is 25.1 Å². The van der Waals surface area contributed by atoms with E-state index in [2.05, 4.69) is 0 Å². The van der Waals surface area contributed by atoms with Crippen molar-refractivity contribution in [3.05, 3.63) is 34.3 Å². The largest absolute Gasteiger partial charge is 0.381 e. The van der Waals surface area contributed by atoms with Gasteiger partial charge in [0, 0.05) is 23.6 Å². The molecule has 0 spiro atoms. The van der Waals surface area contributed by atoms with Gasteiger partial charge in [0.05, 0.1) is 6.61 Å². The second-order valence-corrected chi connectivity index (χ2v) is 4.51. The van der Waals surface area contributed by atoms with Crippen LogP contribution in [-0.2, 0) is 4.74 Å². The molecule has 1 fully saturated rings. The number of nitrogens with two attached hydrogens (primary N) is 1. The van der Waals surface area contributed by atoms with Gasteiger partial charge in [-0.25, -0.2) is 0 Å². The molecule has 82 valence electrons. The van der Waals surface area contributed by atoms with Crippen LogP contribution in [0.25, 0.3) is 0 Å². The van der Waals surface area contributed by atoms with Gasteiger partial charge in [-0.3, -0.25) is 0 Å². The maximum atomic E-state index is 6.25. The molecule has 2 unspecified atom stereocenters. The molecular weight excluding hydrogens is 210 g/mol. The van der Waals surface area contributed by atoms with Crippen molar-refractivity contribution in [1.29, 1.82) is 0 Å². The summed E-state index contributed by atoms with van der Waals surface area (Å²) in [6.45, 7) is 3.58. The Labute approximate surface area is 95.4 Å². The van der Waals surface area contributed by atoms with E-state index in [9.17, 15) is 0 Å². The molecular formula is C12H16ClNO. The molecule has 2 atom stereocenters. The molecule has 0 aliphatic carbocycles. The lowest BCUT2D eigenvalue weighted by atomic mass is 9.92. The van der Waals surface area contributed by atoms with Gasteiger partial charge in [-0.1, -0.05) is 29.8 Å². The third-order valence-corrected chi connectivity index (χ3v) is 3.57. The highest BCUT2D eigenvalue weighted by atomic mass is 35.5. The Morgan fingerprint density at radius 2 is 2.33 bits per heavy atom. The van der Waals surface area contributed by atoms with E-state index < -0.39 is 0 Å². The number of benzene rings is 1. The summed E-state index contributed by atoms with van der Waals surface area (Å²) in [5.74, 6) is 0.407. The predicted octanol–water partition coefficient (Wildman–Crippen LogP) is 2.68. The summed E-state index contributed by atoms with van der Waals surface area (Å²) in [4.78, 5) is 0. The van der Waals surface area contributed by atoms with Crippen LogP contribution in [0.15, 0.2) is 18.2 Å². The summed E-state index contributed by atoms with van der Waals surface area (Å²) < 4.78 is 5.35. The van der Waals surface area contributed by atoms with Gasteiger partial charge in [0.2, 0.25) is 0 Å². The lowest BCUT2D eigenvalue weighted by Gasteiger charge is -2.19. The van der Waals surface area contributed by atoms with Gasteiger partial charge >= 0.3 is 0 Å². The maximum Gasteiger partial charge on any atom is 0.0513 e. The third-order valence-electron chi connectivity index (χ3n) is 3.05. The zero-order valence-electron chi connectivity index (χ0n) is 8.87. The minimum Gasteiger partial charge on any atom is -0.381 e. The highest BCUT2D eigenvalue weighted by Gasteiger charge is 2.25. The molecule has 2 nitrogen and oxygen atoms in total. The maximum absolute atomic E-state index is 6.25. The number of rotatable bonds is 2. The van der Waals surface area contributed by atoms with E-state index in [4.69, 9.17) is 22.1 Å². The summed E-state index contributed by atoms with van der Waals surface area (Å²) in [6.07, 6.45) is 1.03. The first-order chi connectivity index (χ1) is 7.20. The van der Waals surface area contributed by atoms with Crippen molar-refractivity contribution in [3.63, 3.8) is 0 Å². The zero-order chi connectivity index (χ0) is 10.8. The van der Waals surface area contributed by atoms with Crippen LogP contribution in [0, 0.1) is 12.8 Å². The number of ether oxygens (including phenoxy) is 1. The second kappa shape index (κ2) is 4.52. The summed E-state index contributed by atoms with van der Waals surface area (Å²) in [5, 5.41) is 0.803. The van der Waals surface area contributed by atoms with Crippen LogP contribution in [-0.4, -0.2) is 13.2 Å². The molecule has 2 N–H and O–H groups in total. The van der Waals surface area contributed by atoms with Crippen molar-refractivity contribution in [1.82, 2.24) is 0 Å². The van der Waals surface area contributed by atoms with Crippen molar-refractivity contribution >= 4 is 11.6 Å². The SMILES string of the molecule is Cc1cccc(C(N)C2CCOC2)c1Cl. The van der Waals surface area contributed by atoms with Crippen molar-refractivity contribution < 1.29 is 4.74 Å². The Hall–Kier alpha value is -0.570. The average molecular weight is 226 g/mol. The topological polar surface area (TPSA) is 35.2 Å². The van der Waals surface area contributed by atoms with E-state index in [-0.39, 0.29) is 6.04 Å². The molecule has 0 radical (unpaired) electrons. The molecule has 1 saturated heterocycles. The highest BCUT2D eigenvalue weighted by molar-refractivity contribution is 6.32. The molecule has 1 aromatic carbocycles. The minimum absolute atomic E-state index is 0.0000926. The molecule has 3 heteroatoms. The Morgan fingerprint density at radius 1 is 1.53 bits per heavy atom. The van der Waals surface area contributed by atoms with Crippen LogP contribution < -0.4 is 5.73 Å². The van der Waals surface area contributed by atoms with Crippen molar-refractivity contribution in [2.75, 3.05) is 13.2 Å². The molecule has 0 amide bonds. The molecule has 1 aliphatic heterocycles. The van der Waals surface area contributed by atoms with Crippen molar-refractivity contribution in [2.45, 2.75) is 19.4 Å². The van der Waals surface area contributed by atoms with Gasteiger partial charge in [-0.2, -0.15) is 0 Å². The fourth-order valence-corrected chi connectivity index (χ4v) is 2.27. The molecule has 0 bridgehead atoms. The lowest BCUT2D eigenvalue weighted by Crippen LogP contribution is -2.22. The monoisotopic (exact) mass is 225 g/mol. The van der Waals surface area contributed by atoms with Gasteiger partial charge < -0.3 is 10.5 Å². The quantitative estimate of drug-likeness (QED) is 0.840. The zero-order valence-corrected chi connectivity index (χ0v) is 9.63. The standard InChI is InChI=1S/C12H16ClNO/c1-8-3-2-4-10(11(8)13)12(14)9-5-6-15-7-9/h2-4,9,12H,5-7,14H2,1H3. The molecule has 2 rings (SSSR count). The molecule has 0 saturated carbocycles. The van der Waals surface area contributed by atoms with E-state index in [0.717, 1.165) is 35.8 Å². The van der Waals surface area contributed by atoms with E-state index >= 15 is 0 Å². The second-order valence-electron chi connectivity index (χ2n) is 4.13. The smallest absolute Gasteiger partial charge is 0.0513 e. The lowest BCUT2D eigenvalue weighted by molar-refractivity contribution is 0.181. The van der Waals surface area contributed by atoms with Gasteiger partial charge in [0.15, 0.2) is 0 Å². The summed E-state index contributed by atoms with van der Waals surface area (Å²) in [7, 11) is 0. The van der Waals surface area contributed by atoms with Crippen LogP contribution in [0.5, 0.6) is 0 Å². The van der Waals surface area contributed by atoms with E-state index in [0.29, 0.717) is 5.92 Å². The third kappa shape index (κ3) is 2.17. The fourth-order valence-electron chi connectivity index (χ4n) is 2.02. The molecule has 1 aliphatic rings. The normalized spacial score (nSPS) is 23.0. The Kier molecular flexibility index (Phi) is 3.29.